The van der Waals surface area contributed by atoms with Gasteiger partial charge in [-0.25, -0.2) is 13.1 Å². The van der Waals surface area contributed by atoms with Crippen LogP contribution in [0.2, 0.25) is 4.34 Å². The highest BCUT2D eigenvalue weighted by atomic mass is 35.5. The molecule has 1 fully saturated rings. The summed E-state index contributed by atoms with van der Waals surface area (Å²) in [6, 6.07) is 12.7. The molecular weight excluding hydrogens is 440 g/mol. The number of hydrogen-bond donors (Lipinski definition) is 0. The molecule has 1 aliphatic rings. The van der Waals surface area contributed by atoms with Gasteiger partial charge in [-0.05, 0) is 36.5 Å². The van der Waals surface area contributed by atoms with E-state index >= 15 is 0 Å². The zero-order valence-corrected chi connectivity index (χ0v) is 17.9. The van der Waals surface area contributed by atoms with Crippen LogP contribution in [0, 0.1) is 4.84 Å². The summed E-state index contributed by atoms with van der Waals surface area (Å²) in [6.07, 6.45) is 0. The SMILES string of the molecule is O=S(=O)(c1ccc(Cl)s1)N1CCN(Cn2nc(-c3ccccc3)oc2=S)CC1. The van der Waals surface area contributed by atoms with Crippen molar-refractivity contribution in [1.82, 2.24) is 19.0 Å². The molecule has 2 aromatic heterocycles. The van der Waals surface area contributed by atoms with Crippen molar-refractivity contribution < 1.29 is 12.8 Å². The molecule has 11 heteroatoms. The molecule has 1 saturated heterocycles. The third-order valence-electron chi connectivity index (χ3n) is 4.43. The molecule has 148 valence electrons. The summed E-state index contributed by atoms with van der Waals surface area (Å²) >= 11 is 12.2. The van der Waals surface area contributed by atoms with Crippen molar-refractivity contribution in [2.45, 2.75) is 10.9 Å². The van der Waals surface area contributed by atoms with Gasteiger partial charge in [0.15, 0.2) is 0 Å². The zero-order valence-electron chi connectivity index (χ0n) is 14.7. The molecule has 0 bridgehead atoms. The molecule has 1 aliphatic heterocycles. The van der Waals surface area contributed by atoms with Crippen molar-refractivity contribution >= 4 is 45.2 Å². The smallest absolute Gasteiger partial charge is 0.288 e. The summed E-state index contributed by atoms with van der Waals surface area (Å²) < 4.78 is 34.8. The van der Waals surface area contributed by atoms with Crippen LogP contribution in [0.1, 0.15) is 0 Å². The normalized spacial score (nSPS) is 16.5. The molecule has 7 nitrogen and oxygen atoms in total. The van der Waals surface area contributed by atoms with E-state index in [1.165, 1.54) is 4.31 Å². The van der Waals surface area contributed by atoms with Gasteiger partial charge in [0.1, 0.15) is 4.21 Å². The third kappa shape index (κ3) is 4.07. The first-order chi connectivity index (χ1) is 13.4. The summed E-state index contributed by atoms with van der Waals surface area (Å²) in [6.45, 7) is 2.40. The van der Waals surface area contributed by atoms with E-state index in [0.717, 1.165) is 16.9 Å². The molecule has 0 aliphatic carbocycles. The summed E-state index contributed by atoms with van der Waals surface area (Å²) in [4.78, 5) is 2.39. The van der Waals surface area contributed by atoms with Gasteiger partial charge in [-0.15, -0.1) is 16.4 Å². The number of rotatable bonds is 5. The maximum atomic E-state index is 12.7. The Bertz CT molecular complexity index is 1120. The van der Waals surface area contributed by atoms with Crippen LogP contribution >= 0.6 is 35.2 Å². The third-order valence-corrected chi connectivity index (χ3v) is 8.33. The second-order valence-electron chi connectivity index (χ2n) is 6.26. The number of nitrogens with zero attached hydrogens (tertiary/aromatic N) is 4. The zero-order chi connectivity index (χ0) is 19.7. The van der Waals surface area contributed by atoms with Gasteiger partial charge < -0.3 is 4.42 Å². The maximum Gasteiger partial charge on any atom is 0.288 e. The van der Waals surface area contributed by atoms with Crippen LogP contribution in [-0.2, 0) is 16.7 Å². The Balaban J connectivity index is 1.41. The van der Waals surface area contributed by atoms with Gasteiger partial charge in [-0.3, -0.25) is 4.90 Å². The number of benzene rings is 1. The van der Waals surface area contributed by atoms with Gasteiger partial charge in [0.2, 0.25) is 5.89 Å². The molecule has 0 saturated carbocycles. The summed E-state index contributed by atoms with van der Waals surface area (Å²) in [7, 11) is -3.50. The fourth-order valence-corrected chi connectivity index (χ4v) is 6.19. The van der Waals surface area contributed by atoms with E-state index in [4.69, 9.17) is 28.2 Å². The van der Waals surface area contributed by atoms with Gasteiger partial charge in [0.25, 0.3) is 14.9 Å². The number of thiophene rings is 1. The second-order valence-corrected chi connectivity index (χ2v) is 10.5. The van der Waals surface area contributed by atoms with Gasteiger partial charge in [-0.2, -0.15) is 4.31 Å². The van der Waals surface area contributed by atoms with Crippen LogP contribution in [0.15, 0.2) is 51.1 Å². The summed E-state index contributed by atoms with van der Waals surface area (Å²) in [5, 5.41) is 4.45. The van der Waals surface area contributed by atoms with Crippen molar-refractivity contribution in [1.29, 1.82) is 0 Å². The van der Waals surface area contributed by atoms with Crippen LogP contribution in [0.3, 0.4) is 0 Å². The van der Waals surface area contributed by atoms with E-state index in [0.29, 0.717) is 47.9 Å². The lowest BCUT2D eigenvalue weighted by molar-refractivity contribution is 0.143. The van der Waals surface area contributed by atoms with E-state index in [-0.39, 0.29) is 4.21 Å². The standard InChI is InChI=1S/C17H17ClN4O3S3/c18-14-6-7-15(27-14)28(23,24)21-10-8-20(9-11-21)12-22-17(26)25-16(19-22)13-4-2-1-3-5-13/h1-7H,8-12H2. The van der Waals surface area contributed by atoms with Crippen molar-refractivity contribution in [2.75, 3.05) is 26.2 Å². The highest BCUT2D eigenvalue weighted by Crippen LogP contribution is 2.28. The van der Waals surface area contributed by atoms with E-state index in [1.807, 2.05) is 30.3 Å². The first-order valence-electron chi connectivity index (χ1n) is 8.55. The van der Waals surface area contributed by atoms with E-state index in [1.54, 1.807) is 16.8 Å². The quantitative estimate of drug-likeness (QED) is 0.547. The average Bonchev–Trinajstić information content (AvgIpc) is 3.29. The van der Waals surface area contributed by atoms with Crippen LogP contribution in [0.5, 0.6) is 0 Å². The largest absolute Gasteiger partial charge is 0.409 e. The Morgan fingerprint density at radius 1 is 1.11 bits per heavy atom. The Morgan fingerprint density at radius 3 is 2.46 bits per heavy atom. The fraction of sp³-hybridized carbons (Fsp3) is 0.294. The molecule has 0 spiro atoms. The molecule has 0 unspecified atom stereocenters. The first kappa shape index (κ1) is 19.7. The molecule has 28 heavy (non-hydrogen) atoms. The number of piperazine rings is 1. The Morgan fingerprint density at radius 2 is 1.82 bits per heavy atom. The molecule has 0 atom stereocenters. The first-order valence-corrected chi connectivity index (χ1v) is 11.6. The molecule has 0 amide bonds. The average molecular weight is 457 g/mol. The lowest BCUT2D eigenvalue weighted by Gasteiger charge is -2.33. The molecule has 3 heterocycles. The predicted molar refractivity (Wildman–Crippen MR) is 110 cm³/mol. The highest BCUT2D eigenvalue weighted by Gasteiger charge is 2.30. The molecule has 0 radical (unpaired) electrons. The molecule has 0 N–H and O–H groups in total. The molecular formula is C17H17ClN4O3S3. The monoisotopic (exact) mass is 456 g/mol. The molecule has 1 aromatic carbocycles. The Labute approximate surface area is 176 Å². The molecule has 4 rings (SSSR count). The minimum Gasteiger partial charge on any atom is -0.409 e. The van der Waals surface area contributed by atoms with Crippen molar-refractivity contribution in [3.63, 3.8) is 0 Å². The Kier molecular flexibility index (Phi) is 5.68. The number of aromatic nitrogens is 2. The number of hydrogen-bond acceptors (Lipinski definition) is 7. The highest BCUT2D eigenvalue weighted by molar-refractivity contribution is 7.91. The lowest BCUT2D eigenvalue weighted by atomic mass is 10.2. The van der Waals surface area contributed by atoms with Crippen molar-refractivity contribution in [3.8, 4) is 11.5 Å². The number of halogens is 1. The summed E-state index contributed by atoms with van der Waals surface area (Å²) in [5.41, 5.74) is 0.859. The number of sulfonamides is 1. The predicted octanol–water partition coefficient (Wildman–Crippen LogP) is 3.55. The maximum absolute atomic E-state index is 12.7. The second kappa shape index (κ2) is 8.05. The minimum atomic E-state index is -3.50. The van der Waals surface area contributed by atoms with Crippen LogP contribution in [0.4, 0.5) is 0 Å². The van der Waals surface area contributed by atoms with Gasteiger partial charge in [-0.1, -0.05) is 29.8 Å². The van der Waals surface area contributed by atoms with Crippen molar-refractivity contribution in [3.05, 3.63) is 51.6 Å². The lowest BCUT2D eigenvalue weighted by Crippen LogP contribution is -2.48. The summed E-state index contributed by atoms with van der Waals surface area (Å²) in [5.74, 6) is 0.474. The van der Waals surface area contributed by atoms with Crippen LogP contribution < -0.4 is 0 Å². The van der Waals surface area contributed by atoms with Crippen LogP contribution in [0.25, 0.3) is 11.5 Å². The van der Waals surface area contributed by atoms with Gasteiger partial charge in [0, 0.05) is 31.7 Å². The van der Waals surface area contributed by atoms with Gasteiger partial charge >= 0.3 is 0 Å². The fourth-order valence-electron chi connectivity index (χ4n) is 2.96. The minimum absolute atomic E-state index is 0.275. The topological polar surface area (TPSA) is 71.6 Å². The van der Waals surface area contributed by atoms with E-state index < -0.39 is 10.0 Å². The molecule has 3 aromatic rings. The van der Waals surface area contributed by atoms with E-state index in [2.05, 4.69) is 10.00 Å². The van der Waals surface area contributed by atoms with Gasteiger partial charge in [0.05, 0.1) is 11.0 Å². The van der Waals surface area contributed by atoms with E-state index in [9.17, 15) is 8.42 Å². The van der Waals surface area contributed by atoms with Crippen LogP contribution in [-0.4, -0.2) is 53.6 Å². The Hall–Kier alpha value is -1.56. The van der Waals surface area contributed by atoms with Crippen molar-refractivity contribution in [2.24, 2.45) is 0 Å².